The molecule has 0 N–H and O–H groups in total. The quantitative estimate of drug-likeness (QED) is 0.276. The Labute approximate surface area is 203 Å². The molecular formula is C20H22N8O8. The molecule has 36 heavy (non-hydrogen) atoms. The SMILES string of the molecule is CC1(C)N(CCN2N(c3ccc([N+](=O)[O-])cc3[N+](=O)[O-])C2(C)C)N1c1ccc([N+](=O)[O-])cc1[N+](=O)[O-]. The van der Waals surface area contributed by atoms with Gasteiger partial charge in [0.05, 0.1) is 31.8 Å². The summed E-state index contributed by atoms with van der Waals surface area (Å²) in [5.41, 5.74) is -2.38. The number of anilines is 2. The van der Waals surface area contributed by atoms with Gasteiger partial charge in [-0.15, -0.1) is 0 Å². The molecule has 2 atom stereocenters. The predicted octanol–water partition coefficient (Wildman–Crippen LogP) is 3.57. The van der Waals surface area contributed by atoms with E-state index in [9.17, 15) is 40.5 Å². The van der Waals surface area contributed by atoms with E-state index in [2.05, 4.69) is 0 Å². The van der Waals surface area contributed by atoms with Gasteiger partial charge in [0.15, 0.2) is 0 Å². The van der Waals surface area contributed by atoms with Gasteiger partial charge >= 0.3 is 11.4 Å². The lowest BCUT2D eigenvalue weighted by atomic mass is 10.2. The fourth-order valence-corrected chi connectivity index (χ4v) is 4.55. The standard InChI is InChI=1S/C20H22N8O8/c1-19(2)21(23(19)15-7-5-13(25(29)30)11-17(15)27(33)34)9-10-22-20(3,4)24(22)16-8-6-14(26(31)32)12-18(16)28(35)36/h5-8,11-12H,9-10H2,1-4H3. The van der Waals surface area contributed by atoms with Crippen LogP contribution in [0, 0.1) is 40.5 Å². The predicted molar refractivity (Wildman–Crippen MR) is 126 cm³/mol. The Morgan fingerprint density at radius 1 is 0.611 bits per heavy atom. The van der Waals surface area contributed by atoms with Crippen LogP contribution < -0.4 is 10.0 Å². The van der Waals surface area contributed by atoms with Crippen molar-refractivity contribution in [2.24, 2.45) is 0 Å². The first-order valence-electron chi connectivity index (χ1n) is 10.7. The average Bonchev–Trinajstić information content (AvgIpc) is 3.56. The van der Waals surface area contributed by atoms with Crippen LogP contribution in [0.5, 0.6) is 0 Å². The molecule has 16 nitrogen and oxygen atoms in total. The third kappa shape index (κ3) is 3.91. The highest BCUT2D eigenvalue weighted by Gasteiger charge is 2.59. The van der Waals surface area contributed by atoms with Crippen molar-refractivity contribution in [1.82, 2.24) is 10.0 Å². The molecule has 0 radical (unpaired) electrons. The molecule has 0 bridgehead atoms. The van der Waals surface area contributed by atoms with Crippen molar-refractivity contribution in [1.29, 1.82) is 0 Å². The summed E-state index contributed by atoms with van der Waals surface area (Å²) in [6.07, 6.45) is 0. The smallest absolute Gasteiger partial charge is 0.275 e. The molecular weight excluding hydrogens is 480 g/mol. The van der Waals surface area contributed by atoms with Crippen LogP contribution >= 0.6 is 0 Å². The summed E-state index contributed by atoms with van der Waals surface area (Å²) in [4.78, 5) is 42.5. The lowest BCUT2D eigenvalue weighted by Gasteiger charge is -2.09. The first-order chi connectivity index (χ1) is 16.7. The molecule has 4 rings (SSSR count). The van der Waals surface area contributed by atoms with Gasteiger partial charge in [-0.2, -0.15) is 10.0 Å². The van der Waals surface area contributed by atoms with Gasteiger partial charge in [-0.05, 0) is 39.8 Å². The van der Waals surface area contributed by atoms with Crippen LogP contribution in [-0.2, 0) is 0 Å². The number of hydrogen-bond acceptors (Lipinski definition) is 12. The first kappa shape index (κ1) is 24.7. The minimum absolute atomic E-state index is 0.212. The molecule has 0 aromatic heterocycles. The van der Waals surface area contributed by atoms with Crippen molar-refractivity contribution in [2.75, 3.05) is 23.1 Å². The Morgan fingerprint density at radius 2 is 0.944 bits per heavy atom. The number of non-ortho nitro benzene ring substituents is 2. The topological polar surface area (TPSA) is 185 Å². The van der Waals surface area contributed by atoms with E-state index in [1.165, 1.54) is 24.3 Å². The molecule has 0 amide bonds. The summed E-state index contributed by atoms with van der Waals surface area (Å²) in [7, 11) is 0. The zero-order valence-corrected chi connectivity index (χ0v) is 19.7. The van der Waals surface area contributed by atoms with Crippen LogP contribution in [0.4, 0.5) is 34.1 Å². The second-order valence-corrected chi connectivity index (χ2v) is 9.23. The number of nitrogens with zero attached hydrogens (tertiary/aromatic N) is 8. The molecule has 0 saturated carbocycles. The van der Waals surface area contributed by atoms with Gasteiger partial charge in [0.25, 0.3) is 11.4 Å². The largest absolute Gasteiger partial charge is 0.300 e. The highest BCUT2D eigenvalue weighted by Crippen LogP contribution is 2.50. The van der Waals surface area contributed by atoms with Crippen molar-refractivity contribution < 1.29 is 19.7 Å². The fraction of sp³-hybridized carbons (Fsp3) is 0.400. The van der Waals surface area contributed by atoms with E-state index < -0.39 is 42.4 Å². The number of benzene rings is 2. The molecule has 2 aliphatic heterocycles. The number of hydrazine groups is 2. The van der Waals surface area contributed by atoms with Crippen molar-refractivity contribution in [3.8, 4) is 0 Å². The lowest BCUT2D eigenvalue weighted by Crippen LogP contribution is -2.22. The van der Waals surface area contributed by atoms with Gasteiger partial charge in [-0.1, -0.05) is 0 Å². The van der Waals surface area contributed by atoms with Crippen molar-refractivity contribution >= 4 is 34.1 Å². The van der Waals surface area contributed by atoms with Crippen LogP contribution in [0.2, 0.25) is 0 Å². The fourth-order valence-electron chi connectivity index (χ4n) is 4.55. The third-order valence-electron chi connectivity index (χ3n) is 6.42. The summed E-state index contributed by atoms with van der Waals surface area (Å²) >= 11 is 0. The molecule has 2 aliphatic rings. The van der Waals surface area contributed by atoms with Crippen LogP contribution in [0.15, 0.2) is 36.4 Å². The summed E-state index contributed by atoms with van der Waals surface area (Å²) in [6, 6.07) is 6.93. The highest BCUT2D eigenvalue weighted by molar-refractivity contribution is 5.71. The van der Waals surface area contributed by atoms with E-state index in [0.29, 0.717) is 13.1 Å². The lowest BCUT2D eigenvalue weighted by molar-refractivity contribution is -0.394. The monoisotopic (exact) mass is 502 g/mol. The summed E-state index contributed by atoms with van der Waals surface area (Å²) in [5, 5.41) is 52.3. The van der Waals surface area contributed by atoms with Crippen LogP contribution in [-0.4, -0.2) is 54.1 Å². The van der Waals surface area contributed by atoms with Crippen LogP contribution in [0.25, 0.3) is 0 Å². The van der Waals surface area contributed by atoms with E-state index in [4.69, 9.17) is 0 Å². The maximum atomic E-state index is 11.6. The highest BCUT2D eigenvalue weighted by atomic mass is 16.6. The van der Waals surface area contributed by atoms with Crippen molar-refractivity contribution in [2.45, 2.75) is 39.0 Å². The van der Waals surface area contributed by atoms with Gasteiger partial charge < -0.3 is 0 Å². The van der Waals surface area contributed by atoms with E-state index in [1.807, 2.05) is 37.7 Å². The van der Waals surface area contributed by atoms with Crippen molar-refractivity contribution in [3.05, 3.63) is 76.9 Å². The molecule has 2 aromatic carbocycles. The molecule has 2 fully saturated rings. The Hall–Kier alpha value is -4.44. The normalized spacial score (nSPS) is 21.1. The molecule has 190 valence electrons. The second kappa shape index (κ2) is 8.06. The van der Waals surface area contributed by atoms with E-state index in [1.54, 1.807) is 10.0 Å². The summed E-state index contributed by atoms with van der Waals surface area (Å²) in [6.45, 7) is 8.10. The minimum atomic E-state index is -0.698. The molecule has 2 aromatic rings. The van der Waals surface area contributed by atoms with Crippen LogP contribution in [0.3, 0.4) is 0 Å². The summed E-state index contributed by atoms with van der Waals surface area (Å²) < 4.78 is 0. The van der Waals surface area contributed by atoms with Gasteiger partial charge in [0.1, 0.15) is 22.7 Å². The Bertz CT molecular complexity index is 1210. The van der Waals surface area contributed by atoms with Gasteiger partial charge in [0, 0.05) is 25.2 Å². The molecule has 0 aliphatic carbocycles. The molecule has 16 heteroatoms. The first-order valence-corrected chi connectivity index (χ1v) is 10.7. The molecule has 2 heterocycles. The molecule has 2 saturated heterocycles. The van der Waals surface area contributed by atoms with E-state index >= 15 is 0 Å². The zero-order valence-electron chi connectivity index (χ0n) is 19.7. The van der Waals surface area contributed by atoms with E-state index in [-0.39, 0.29) is 22.7 Å². The van der Waals surface area contributed by atoms with Gasteiger partial charge in [0.2, 0.25) is 0 Å². The van der Waals surface area contributed by atoms with Gasteiger partial charge in [-0.25, -0.2) is 0 Å². The molecule has 0 spiro atoms. The number of nitro benzene ring substituents is 4. The Balaban J connectivity index is 1.54. The zero-order chi connectivity index (χ0) is 26.7. The average molecular weight is 502 g/mol. The molecule has 2 unspecified atom stereocenters. The minimum Gasteiger partial charge on any atom is -0.275 e. The second-order valence-electron chi connectivity index (χ2n) is 9.23. The van der Waals surface area contributed by atoms with Crippen LogP contribution in [0.1, 0.15) is 27.7 Å². The van der Waals surface area contributed by atoms with Gasteiger partial charge in [-0.3, -0.25) is 50.5 Å². The van der Waals surface area contributed by atoms with E-state index in [0.717, 1.165) is 12.1 Å². The number of hydrogen-bond donors (Lipinski definition) is 0. The maximum Gasteiger partial charge on any atom is 0.300 e. The maximum absolute atomic E-state index is 11.6. The Kier molecular flexibility index (Phi) is 5.52. The summed E-state index contributed by atoms with van der Waals surface area (Å²) in [5.74, 6) is 0. The third-order valence-corrected chi connectivity index (χ3v) is 6.42. The number of rotatable bonds is 9. The number of nitro groups is 4. The Morgan fingerprint density at radius 3 is 1.22 bits per heavy atom. The van der Waals surface area contributed by atoms with Crippen molar-refractivity contribution in [3.63, 3.8) is 0 Å².